The summed E-state index contributed by atoms with van der Waals surface area (Å²) in [6, 6.07) is 3.18. The van der Waals surface area contributed by atoms with Gasteiger partial charge in [0.1, 0.15) is 11.5 Å². The summed E-state index contributed by atoms with van der Waals surface area (Å²) < 4.78 is 0. The van der Waals surface area contributed by atoms with Gasteiger partial charge >= 0.3 is 0 Å². The predicted octanol–water partition coefficient (Wildman–Crippen LogP) is 0.657. The van der Waals surface area contributed by atoms with Crippen LogP contribution in [0.3, 0.4) is 0 Å². The fraction of sp³-hybridized carbons (Fsp3) is 0.273. The third-order valence-corrected chi connectivity index (χ3v) is 2.42. The Labute approximate surface area is 92.1 Å². The molecule has 0 fully saturated rings. The molecule has 0 aliphatic carbocycles. The summed E-state index contributed by atoms with van der Waals surface area (Å²) in [5.41, 5.74) is 0.493. The van der Waals surface area contributed by atoms with Gasteiger partial charge in [0.15, 0.2) is 0 Å². The van der Waals surface area contributed by atoms with Crippen LogP contribution in [0.1, 0.15) is 34.2 Å². The molecule has 1 aliphatic heterocycles. The van der Waals surface area contributed by atoms with Crippen LogP contribution >= 0.6 is 0 Å². The molecule has 0 saturated carbocycles. The minimum atomic E-state index is -0.415. The Hall–Kier alpha value is -2.04. The lowest BCUT2D eigenvalue weighted by atomic mass is 10.2. The second kappa shape index (κ2) is 3.84. The number of aromatic nitrogens is 1. The Morgan fingerprint density at radius 2 is 2.12 bits per heavy atom. The minimum absolute atomic E-state index is 0.0514. The third-order valence-electron chi connectivity index (χ3n) is 2.42. The zero-order valence-electron chi connectivity index (χ0n) is 8.77. The molecule has 0 bridgehead atoms. The molecule has 0 saturated heterocycles. The van der Waals surface area contributed by atoms with E-state index in [9.17, 15) is 14.4 Å². The number of rotatable bonds is 3. The number of imide groups is 1. The highest BCUT2D eigenvalue weighted by Crippen LogP contribution is 2.20. The van der Waals surface area contributed by atoms with Crippen molar-refractivity contribution in [2.75, 3.05) is 6.54 Å². The topological polar surface area (TPSA) is 67.3 Å². The highest BCUT2D eigenvalue weighted by Gasteiger charge is 2.36. The molecule has 1 aromatic rings. The normalized spacial score (nSPS) is 14.2. The summed E-state index contributed by atoms with van der Waals surface area (Å²) >= 11 is 0. The first-order chi connectivity index (χ1) is 7.61. The molecular weight excluding hydrogens is 208 g/mol. The lowest BCUT2D eigenvalue weighted by Crippen LogP contribution is -2.31. The van der Waals surface area contributed by atoms with E-state index >= 15 is 0 Å². The molecule has 2 amide bonds. The molecule has 0 atom stereocenters. The molecule has 1 aliphatic rings. The zero-order valence-corrected chi connectivity index (χ0v) is 8.77. The van der Waals surface area contributed by atoms with Crippen LogP contribution in [0.5, 0.6) is 0 Å². The largest absolute Gasteiger partial charge is 0.300 e. The van der Waals surface area contributed by atoms with Crippen molar-refractivity contribution >= 4 is 17.6 Å². The molecule has 16 heavy (non-hydrogen) atoms. The summed E-state index contributed by atoms with van der Waals surface area (Å²) in [5, 5.41) is 0. The maximum Gasteiger partial charge on any atom is 0.280 e. The number of nitrogens with zero attached hydrogens (tertiary/aromatic N) is 2. The summed E-state index contributed by atoms with van der Waals surface area (Å²) in [6.07, 6.45) is 1.66. The van der Waals surface area contributed by atoms with Gasteiger partial charge in [0.05, 0.1) is 5.56 Å². The number of carbonyl (C=O) groups excluding carboxylic acids is 3. The van der Waals surface area contributed by atoms with E-state index in [2.05, 4.69) is 4.98 Å². The predicted molar refractivity (Wildman–Crippen MR) is 54.9 cm³/mol. The van der Waals surface area contributed by atoms with Crippen molar-refractivity contribution in [2.24, 2.45) is 0 Å². The van der Waals surface area contributed by atoms with Crippen molar-refractivity contribution in [1.82, 2.24) is 9.88 Å². The van der Waals surface area contributed by atoms with Gasteiger partial charge in [0.2, 0.25) is 0 Å². The summed E-state index contributed by atoms with van der Waals surface area (Å²) in [7, 11) is 0. The van der Waals surface area contributed by atoms with E-state index in [0.29, 0.717) is 5.56 Å². The number of hydrogen-bond donors (Lipinski definition) is 0. The first kappa shape index (κ1) is 10.5. The molecule has 2 rings (SSSR count). The van der Waals surface area contributed by atoms with Crippen LogP contribution in [0.4, 0.5) is 0 Å². The van der Waals surface area contributed by atoms with Crippen molar-refractivity contribution < 1.29 is 14.4 Å². The lowest BCUT2D eigenvalue weighted by Gasteiger charge is -2.11. The SMILES string of the molecule is CC(=O)CCN1C(=O)c2cccnc2C1=O. The number of amides is 2. The number of pyridine rings is 1. The van der Waals surface area contributed by atoms with Gasteiger partial charge in [-0.05, 0) is 19.1 Å². The minimum Gasteiger partial charge on any atom is -0.300 e. The standard InChI is InChI=1S/C11H10N2O3/c1-7(14)4-6-13-10(15)8-3-2-5-12-9(8)11(13)16/h2-3,5H,4,6H2,1H3. The molecule has 0 aromatic carbocycles. The first-order valence-electron chi connectivity index (χ1n) is 4.92. The van der Waals surface area contributed by atoms with Gasteiger partial charge in [-0.25, -0.2) is 0 Å². The van der Waals surface area contributed by atoms with E-state index in [-0.39, 0.29) is 30.3 Å². The second-order valence-electron chi connectivity index (χ2n) is 3.61. The summed E-state index contributed by atoms with van der Waals surface area (Å²) in [4.78, 5) is 39.3. The molecule has 2 heterocycles. The van der Waals surface area contributed by atoms with Crippen LogP contribution in [-0.2, 0) is 4.79 Å². The lowest BCUT2D eigenvalue weighted by molar-refractivity contribution is -0.117. The van der Waals surface area contributed by atoms with Gasteiger partial charge in [-0.1, -0.05) is 0 Å². The van der Waals surface area contributed by atoms with Gasteiger partial charge in [-0.15, -0.1) is 0 Å². The van der Waals surface area contributed by atoms with Crippen molar-refractivity contribution in [2.45, 2.75) is 13.3 Å². The van der Waals surface area contributed by atoms with E-state index < -0.39 is 5.91 Å². The van der Waals surface area contributed by atoms with E-state index in [4.69, 9.17) is 0 Å². The zero-order chi connectivity index (χ0) is 11.7. The Bertz CT molecular complexity index is 447. The van der Waals surface area contributed by atoms with Gasteiger partial charge in [0.25, 0.3) is 11.8 Å². The molecule has 0 unspecified atom stereocenters. The maximum absolute atomic E-state index is 11.8. The van der Waals surface area contributed by atoms with E-state index in [0.717, 1.165) is 4.90 Å². The third kappa shape index (κ3) is 1.60. The average molecular weight is 218 g/mol. The molecule has 5 heteroatoms. The van der Waals surface area contributed by atoms with Crippen molar-refractivity contribution in [3.63, 3.8) is 0 Å². The fourth-order valence-electron chi connectivity index (χ4n) is 1.59. The Morgan fingerprint density at radius 1 is 1.38 bits per heavy atom. The molecule has 0 radical (unpaired) electrons. The maximum atomic E-state index is 11.8. The molecule has 0 spiro atoms. The number of Topliss-reactive ketones (excluding diaryl/α,β-unsaturated/α-hetero) is 1. The molecule has 0 N–H and O–H groups in total. The van der Waals surface area contributed by atoms with Crippen molar-refractivity contribution in [3.05, 3.63) is 29.6 Å². The van der Waals surface area contributed by atoms with Gasteiger partial charge in [0, 0.05) is 19.2 Å². The fourth-order valence-corrected chi connectivity index (χ4v) is 1.59. The smallest absolute Gasteiger partial charge is 0.280 e. The van der Waals surface area contributed by atoms with Crippen LogP contribution in [0.2, 0.25) is 0 Å². The molecular formula is C11H10N2O3. The highest BCUT2D eigenvalue weighted by molar-refractivity contribution is 6.20. The van der Waals surface area contributed by atoms with Crippen LogP contribution in [0.25, 0.3) is 0 Å². The quantitative estimate of drug-likeness (QED) is 0.699. The van der Waals surface area contributed by atoms with E-state index in [1.165, 1.54) is 13.1 Å². The van der Waals surface area contributed by atoms with Gasteiger partial charge < -0.3 is 0 Å². The average Bonchev–Trinajstić information content (AvgIpc) is 2.50. The summed E-state index contributed by atoms with van der Waals surface area (Å²) in [5.74, 6) is -0.833. The monoisotopic (exact) mass is 218 g/mol. The second-order valence-corrected chi connectivity index (χ2v) is 3.61. The number of fused-ring (bicyclic) bond motifs is 1. The molecule has 5 nitrogen and oxygen atoms in total. The molecule has 1 aromatic heterocycles. The van der Waals surface area contributed by atoms with Crippen LogP contribution in [0, 0.1) is 0 Å². The summed E-state index contributed by atoms with van der Waals surface area (Å²) in [6.45, 7) is 1.56. The van der Waals surface area contributed by atoms with Gasteiger partial charge in [-0.3, -0.25) is 24.3 Å². The van der Waals surface area contributed by atoms with Crippen LogP contribution < -0.4 is 0 Å². The van der Waals surface area contributed by atoms with E-state index in [1.807, 2.05) is 0 Å². The van der Waals surface area contributed by atoms with Crippen LogP contribution in [-0.4, -0.2) is 34.0 Å². The van der Waals surface area contributed by atoms with E-state index in [1.54, 1.807) is 12.1 Å². The Balaban J connectivity index is 2.25. The Kier molecular flexibility index (Phi) is 2.52. The first-order valence-corrected chi connectivity index (χ1v) is 4.92. The highest BCUT2D eigenvalue weighted by atomic mass is 16.2. The van der Waals surface area contributed by atoms with Crippen LogP contribution in [0.15, 0.2) is 18.3 Å². The number of ketones is 1. The number of carbonyl (C=O) groups is 3. The van der Waals surface area contributed by atoms with Gasteiger partial charge in [-0.2, -0.15) is 0 Å². The Morgan fingerprint density at radius 3 is 2.75 bits per heavy atom. The van der Waals surface area contributed by atoms with Crippen molar-refractivity contribution in [3.8, 4) is 0 Å². The molecule has 82 valence electrons. The van der Waals surface area contributed by atoms with Crippen molar-refractivity contribution in [1.29, 1.82) is 0 Å². The number of hydrogen-bond acceptors (Lipinski definition) is 4.